The van der Waals surface area contributed by atoms with E-state index in [1.165, 1.54) is 5.56 Å². The number of nitrogens with two attached hydrogens (primary N) is 1. The third kappa shape index (κ3) is 3.71. The van der Waals surface area contributed by atoms with Gasteiger partial charge in [0.1, 0.15) is 5.82 Å². The van der Waals surface area contributed by atoms with E-state index < -0.39 is 0 Å². The fourth-order valence-electron chi connectivity index (χ4n) is 2.07. The van der Waals surface area contributed by atoms with Gasteiger partial charge >= 0.3 is 0 Å². The predicted molar refractivity (Wildman–Crippen MR) is 85.1 cm³/mol. The summed E-state index contributed by atoms with van der Waals surface area (Å²) in [5.74, 6) is 0.958. The van der Waals surface area contributed by atoms with Crippen LogP contribution in [0.5, 0.6) is 0 Å². The van der Waals surface area contributed by atoms with Crippen molar-refractivity contribution in [2.24, 2.45) is 5.73 Å². The van der Waals surface area contributed by atoms with Gasteiger partial charge in [0.05, 0.1) is 0 Å². The van der Waals surface area contributed by atoms with Crippen molar-refractivity contribution >= 4 is 17.4 Å². The number of benzene rings is 1. The van der Waals surface area contributed by atoms with E-state index in [2.05, 4.69) is 28.9 Å². The van der Waals surface area contributed by atoms with Crippen LogP contribution in [0.25, 0.3) is 0 Å². The Balaban J connectivity index is 2.19. The van der Waals surface area contributed by atoms with Gasteiger partial charge in [0.25, 0.3) is 0 Å². The largest absolute Gasteiger partial charge is 0.355 e. The van der Waals surface area contributed by atoms with E-state index >= 15 is 0 Å². The van der Waals surface area contributed by atoms with E-state index in [1.54, 1.807) is 0 Å². The molecule has 2 rings (SSSR count). The van der Waals surface area contributed by atoms with Crippen molar-refractivity contribution in [2.45, 2.75) is 26.4 Å². The van der Waals surface area contributed by atoms with Gasteiger partial charge < -0.3 is 10.6 Å². The molecule has 0 amide bonds. The van der Waals surface area contributed by atoms with Crippen LogP contribution in [0.1, 0.15) is 23.7 Å². The van der Waals surface area contributed by atoms with E-state index in [0.717, 1.165) is 35.1 Å². The van der Waals surface area contributed by atoms with Crippen LogP contribution in [0.4, 0.5) is 5.82 Å². The summed E-state index contributed by atoms with van der Waals surface area (Å²) in [7, 11) is 2.04. The fourth-order valence-corrected chi connectivity index (χ4v) is 2.20. The maximum atomic E-state index is 5.90. The second-order valence-corrected chi connectivity index (χ2v) is 5.30. The van der Waals surface area contributed by atoms with Crippen molar-refractivity contribution in [1.29, 1.82) is 0 Å². The highest BCUT2D eigenvalue weighted by atomic mass is 35.5. The molecule has 1 aromatic carbocycles. The Kier molecular flexibility index (Phi) is 4.99. The lowest BCUT2D eigenvalue weighted by Crippen LogP contribution is -2.18. The molecule has 4 heteroatoms. The van der Waals surface area contributed by atoms with Crippen molar-refractivity contribution in [3.05, 3.63) is 58.2 Å². The van der Waals surface area contributed by atoms with Gasteiger partial charge in [0, 0.05) is 30.9 Å². The standard InChI is InChI=1S/C16H20ClN3/c1-3-15-8-13(10-18)9-16(19-15)20(2)11-12-4-6-14(17)7-5-12/h4-9H,3,10-11,18H2,1-2H3. The molecule has 2 N–H and O–H groups in total. The number of hydrogen-bond donors (Lipinski definition) is 1. The zero-order valence-electron chi connectivity index (χ0n) is 11.9. The first-order valence-corrected chi connectivity index (χ1v) is 7.15. The number of pyridine rings is 1. The molecule has 106 valence electrons. The Hall–Kier alpha value is -1.58. The Bertz CT molecular complexity index is 544. The number of aromatic nitrogens is 1. The molecule has 1 heterocycles. The minimum atomic E-state index is 0.539. The second kappa shape index (κ2) is 6.73. The summed E-state index contributed by atoms with van der Waals surface area (Å²) < 4.78 is 0. The molecule has 3 nitrogen and oxygen atoms in total. The highest BCUT2D eigenvalue weighted by Crippen LogP contribution is 2.18. The normalized spacial score (nSPS) is 10.6. The van der Waals surface area contributed by atoms with Crippen LogP contribution in [0.3, 0.4) is 0 Å². The van der Waals surface area contributed by atoms with Gasteiger partial charge in [-0.15, -0.1) is 0 Å². The molecule has 0 saturated carbocycles. The number of aryl methyl sites for hydroxylation is 1. The van der Waals surface area contributed by atoms with Gasteiger partial charge in [-0.25, -0.2) is 4.98 Å². The van der Waals surface area contributed by atoms with E-state index in [1.807, 2.05) is 31.3 Å². The summed E-state index contributed by atoms with van der Waals surface area (Å²) >= 11 is 5.90. The lowest BCUT2D eigenvalue weighted by Gasteiger charge is -2.20. The highest BCUT2D eigenvalue weighted by molar-refractivity contribution is 6.30. The molecule has 2 aromatic rings. The topological polar surface area (TPSA) is 42.1 Å². The predicted octanol–water partition coefficient (Wildman–Crippen LogP) is 3.39. The minimum Gasteiger partial charge on any atom is -0.355 e. The SMILES string of the molecule is CCc1cc(CN)cc(N(C)Cc2ccc(Cl)cc2)n1. The molecule has 0 unspecified atom stereocenters. The van der Waals surface area contributed by atoms with E-state index in [9.17, 15) is 0 Å². The first kappa shape index (κ1) is 14.8. The van der Waals surface area contributed by atoms with Gasteiger partial charge in [-0.05, 0) is 41.8 Å². The van der Waals surface area contributed by atoms with Gasteiger partial charge in [-0.1, -0.05) is 30.7 Å². The molecule has 0 radical (unpaired) electrons. The Morgan fingerprint density at radius 1 is 1.15 bits per heavy atom. The summed E-state index contributed by atoms with van der Waals surface area (Å²) in [5.41, 5.74) is 9.15. The average Bonchev–Trinajstić information content (AvgIpc) is 2.48. The van der Waals surface area contributed by atoms with Crippen molar-refractivity contribution in [1.82, 2.24) is 4.98 Å². The molecule has 0 bridgehead atoms. The van der Waals surface area contributed by atoms with Crippen LogP contribution >= 0.6 is 11.6 Å². The monoisotopic (exact) mass is 289 g/mol. The molecule has 0 aliphatic carbocycles. The van der Waals surface area contributed by atoms with Crippen LogP contribution in [-0.4, -0.2) is 12.0 Å². The van der Waals surface area contributed by atoms with Crippen LogP contribution in [0, 0.1) is 0 Å². The summed E-state index contributed by atoms with van der Waals surface area (Å²) in [4.78, 5) is 6.78. The quantitative estimate of drug-likeness (QED) is 0.917. The van der Waals surface area contributed by atoms with Crippen LogP contribution in [0.15, 0.2) is 36.4 Å². The first-order chi connectivity index (χ1) is 9.62. The maximum Gasteiger partial charge on any atom is 0.129 e. The molecular formula is C16H20ClN3. The summed E-state index contributed by atoms with van der Waals surface area (Å²) in [5, 5.41) is 0.757. The molecule has 0 fully saturated rings. The summed E-state index contributed by atoms with van der Waals surface area (Å²) in [6, 6.07) is 12.0. The average molecular weight is 290 g/mol. The number of halogens is 1. The second-order valence-electron chi connectivity index (χ2n) is 4.87. The Morgan fingerprint density at radius 2 is 1.85 bits per heavy atom. The number of rotatable bonds is 5. The number of anilines is 1. The third-order valence-electron chi connectivity index (χ3n) is 3.25. The van der Waals surface area contributed by atoms with Gasteiger partial charge in [0.15, 0.2) is 0 Å². The lowest BCUT2D eigenvalue weighted by atomic mass is 10.1. The van der Waals surface area contributed by atoms with Crippen LogP contribution in [0.2, 0.25) is 5.02 Å². The Morgan fingerprint density at radius 3 is 2.45 bits per heavy atom. The van der Waals surface area contributed by atoms with E-state index in [-0.39, 0.29) is 0 Å². The molecule has 20 heavy (non-hydrogen) atoms. The van der Waals surface area contributed by atoms with Gasteiger partial charge in [0.2, 0.25) is 0 Å². The van der Waals surface area contributed by atoms with Crippen LogP contribution < -0.4 is 10.6 Å². The Labute approximate surface area is 125 Å². The summed E-state index contributed by atoms with van der Waals surface area (Å²) in [6.07, 6.45) is 0.912. The smallest absolute Gasteiger partial charge is 0.129 e. The minimum absolute atomic E-state index is 0.539. The van der Waals surface area contributed by atoms with Crippen molar-refractivity contribution in [3.8, 4) is 0 Å². The van der Waals surface area contributed by atoms with Crippen LogP contribution in [-0.2, 0) is 19.5 Å². The summed E-state index contributed by atoms with van der Waals surface area (Å²) in [6.45, 7) is 3.43. The zero-order valence-corrected chi connectivity index (χ0v) is 12.7. The maximum absolute atomic E-state index is 5.90. The van der Waals surface area contributed by atoms with Gasteiger partial charge in [-0.3, -0.25) is 0 Å². The first-order valence-electron chi connectivity index (χ1n) is 6.78. The molecule has 0 aliphatic rings. The number of nitrogens with zero attached hydrogens (tertiary/aromatic N) is 2. The molecule has 0 aliphatic heterocycles. The third-order valence-corrected chi connectivity index (χ3v) is 3.50. The number of hydrogen-bond acceptors (Lipinski definition) is 3. The highest BCUT2D eigenvalue weighted by Gasteiger charge is 2.07. The molecule has 0 spiro atoms. The van der Waals surface area contributed by atoms with Crippen molar-refractivity contribution < 1.29 is 0 Å². The van der Waals surface area contributed by atoms with Crippen molar-refractivity contribution in [2.75, 3.05) is 11.9 Å². The van der Waals surface area contributed by atoms with Gasteiger partial charge in [-0.2, -0.15) is 0 Å². The lowest BCUT2D eigenvalue weighted by molar-refractivity contribution is 0.875. The molecule has 0 saturated heterocycles. The fraction of sp³-hybridized carbons (Fsp3) is 0.312. The molecule has 0 atom stereocenters. The molecule has 1 aromatic heterocycles. The molecular weight excluding hydrogens is 270 g/mol. The van der Waals surface area contributed by atoms with E-state index in [0.29, 0.717) is 6.54 Å². The van der Waals surface area contributed by atoms with Crippen molar-refractivity contribution in [3.63, 3.8) is 0 Å². The zero-order chi connectivity index (χ0) is 14.5. The van der Waals surface area contributed by atoms with E-state index in [4.69, 9.17) is 17.3 Å².